The molecule has 0 aliphatic carbocycles. The Bertz CT molecular complexity index is 1390. The number of hydrogen-bond acceptors (Lipinski definition) is 4. The van der Waals surface area contributed by atoms with Crippen LogP contribution in [0.2, 0.25) is 0 Å². The number of carbonyl (C=O) groups excluding carboxylic acids is 2. The van der Waals surface area contributed by atoms with Crippen molar-refractivity contribution in [3.05, 3.63) is 100 Å². The average molecular weight is 629 g/mol. The van der Waals surface area contributed by atoms with Gasteiger partial charge < -0.3 is 10.2 Å². The molecule has 2 amide bonds. The third-order valence-corrected chi connectivity index (χ3v) is 8.10. The third kappa shape index (κ3) is 8.93. The first kappa shape index (κ1) is 31.4. The van der Waals surface area contributed by atoms with E-state index in [9.17, 15) is 18.0 Å². The van der Waals surface area contributed by atoms with E-state index in [2.05, 4.69) is 35.1 Å². The summed E-state index contributed by atoms with van der Waals surface area (Å²) in [6.07, 6.45) is 1.36. The molecule has 0 saturated heterocycles. The van der Waals surface area contributed by atoms with E-state index < -0.39 is 28.5 Å². The summed E-state index contributed by atoms with van der Waals surface area (Å²) in [5, 5.41) is 2.95. The van der Waals surface area contributed by atoms with Crippen LogP contribution >= 0.6 is 15.9 Å². The molecule has 0 heterocycles. The fourth-order valence-corrected chi connectivity index (χ4v) is 5.70. The first-order valence-corrected chi connectivity index (χ1v) is 15.9. The Hall–Kier alpha value is -3.17. The van der Waals surface area contributed by atoms with E-state index in [4.69, 9.17) is 0 Å². The van der Waals surface area contributed by atoms with Gasteiger partial charge in [0.1, 0.15) is 12.6 Å². The second-order valence-electron chi connectivity index (χ2n) is 10.5. The number of amides is 2. The molecule has 7 nitrogen and oxygen atoms in total. The lowest BCUT2D eigenvalue weighted by Crippen LogP contribution is -2.54. The SMILES string of the molecule is CC(C)NC(=O)C(Cc1ccccc1)N(Cc1cccc(Br)c1)C(=O)CN(c1ccc(C(C)C)cc1)S(C)(=O)=O. The molecular formula is C31H38BrN3O4S. The molecule has 0 bridgehead atoms. The van der Waals surface area contributed by atoms with Crippen LogP contribution in [0.3, 0.4) is 0 Å². The largest absolute Gasteiger partial charge is 0.352 e. The van der Waals surface area contributed by atoms with E-state index in [1.807, 2.05) is 80.6 Å². The summed E-state index contributed by atoms with van der Waals surface area (Å²) >= 11 is 3.48. The zero-order valence-corrected chi connectivity index (χ0v) is 26.1. The number of hydrogen-bond donors (Lipinski definition) is 1. The monoisotopic (exact) mass is 627 g/mol. The van der Waals surface area contributed by atoms with Crippen molar-refractivity contribution in [2.24, 2.45) is 0 Å². The Morgan fingerprint density at radius 3 is 2.05 bits per heavy atom. The van der Waals surface area contributed by atoms with E-state index in [0.29, 0.717) is 5.69 Å². The molecule has 0 radical (unpaired) electrons. The van der Waals surface area contributed by atoms with Gasteiger partial charge in [0, 0.05) is 23.5 Å². The van der Waals surface area contributed by atoms with E-state index in [1.165, 1.54) is 4.90 Å². The van der Waals surface area contributed by atoms with Gasteiger partial charge in [-0.25, -0.2) is 8.42 Å². The van der Waals surface area contributed by atoms with Crippen molar-refractivity contribution >= 4 is 43.5 Å². The number of rotatable bonds is 12. The summed E-state index contributed by atoms with van der Waals surface area (Å²) in [5.41, 5.74) is 3.16. The number of nitrogens with zero attached hydrogens (tertiary/aromatic N) is 2. The van der Waals surface area contributed by atoms with Crippen molar-refractivity contribution in [1.82, 2.24) is 10.2 Å². The average Bonchev–Trinajstić information content (AvgIpc) is 2.88. The van der Waals surface area contributed by atoms with Gasteiger partial charge in [-0.1, -0.05) is 84.4 Å². The molecule has 0 fully saturated rings. The highest BCUT2D eigenvalue weighted by Crippen LogP contribution is 2.24. The molecule has 1 unspecified atom stereocenters. The maximum Gasteiger partial charge on any atom is 0.244 e. The van der Waals surface area contributed by atoms with E-state index in [-0.39, 0.29) is 30.8 Å². The maximum absolute atomic E-state index is 14.1. The topological polar surface area (TPSA) is 86.8 Å². The van der Waals surface area contributed by atoms with Crippen LogP contribution in [0, 0.1) is 0 Å². The van der Waals surface area contributed by atoms with Crippen molar-refractivity contribution in [1.29, 1.82) is 0 Å². The standard InChI is InChI=1S/C31H38BrN3O4S/c1-22(2)26-14-16-28(17-15-26)35(40(5,38)39)21-30(36)34(20-25-12-9-13-27(32)18-25)29(31(37)33-23(3)4)19-24-10-7-6-8-11-24/h6-18,22-23,29H,19-21H2,1-5H3,(H,33,37). The number of halogens is 1. The zero-order chi connectivity index (χ0) is 29.4. The summed E-state index contributed by atoms with van der Waals surface area (Å²) in [6, 6.07) is 23.2. The molecule has 0 aromatic heterocycles. The third-order valence-electron chi connectivity index (χ3n) is 6.47. The minimum Gasteiger partial charge on any atom is -0.352 e. The molecule has 1 atom stereocenters. The fraction of sp³-hybridized carbons (Fsp3) is 0.355. The van der Waals surface area contributed by atoms with Crippen LogP contribution in [0.15, 0.2) is 83.3 Å². The van der Waals surface area contributed by atoms with Gasteiger partial charge >= 0.3 is 0 Å². The second-order valence-corrected chi connectivity index (χ2v) is 13.4. The van der Waals surface area contributed by atoms with Gasteiger partial charge in [-0.05, 0) is 60.7 Å². The Balaban J connectivity index is 2.04. The molecule has 3 rings (SSSR count). The van der Waals surface area contributed by atoms with Gasteiger partial charge in [-0.3, -0.25) is 13.9 Å². The van der Waals surface area contributed by atoms with Crippen LogP contribution < -0.4 is 9.62 Å². The smallest absolute Gasteiger partial charge is 0.244 e. The van der Waals surface area contributed by atoms with Gasteiger partial charge in [-0.2, -0.15) is 0 Å². The van der Waals surface area contributed by atoms with Crippen LogP contribution in [-0.4, -0.2) is 50.0 Å². The number of nitrogens with one attached hydrogen (secondary N) is 1. The summed E-state index contributed by atoms with van der Waals surface area (Å²) in [7, 11) is -3.81. The van der Waals surface area contributed by atoms with Crippen molar-refractivity contribution in [3.63, 3.8) is 0 Å². The highest BCUT2D eigenvalue weighted by molar-refractivity contribution is 9.10. The van der Waals surface area contributed by atoms with Gasteiger partial charge in [0.05, 0.1) is 11.9 Å². The Labute approximate surface area is 246 Å². The van der Waals surface area contributed by atoms with Crippen LogP contribution in [0.25, 0.3) is 0 Å². The van der Waals surface area contributed by atoms with E-state index in [0.717, 1.165) is 31.7 Å². The van der Waals surface area contributed by atoms with E-state index in [1.54, 1.807) is 12.1 Å². The molecule has 3 aromatic carbocycles. The van der Waals surface area contributed by atoms with Gasteiger partial charge in [0.25, 0.3) is 0 Å². The molecule has 0 saturated carbocycles. The maximum atomic E-state index is 14.1. The molecule has 0 spiro atoms. The number of carbonyl (C=O) groups is 2. The van der Waals surface area contributed by atoms with Crippen LogP contribution in [0.4, 0.5) is 5.69 Å². The van der Waals surface area contributed by atoms with Crippen molar-refractivity contribution in [2.75, 3.05) is 17.1 Å². The summed E-state index contributed by atoms with van der Waals surface area (Å²) in [6.45, 7) is 7.54. The predicted molar refractivity (Wildman–Crippen MR) is 165 cm³/mol. The fourth-order valence-electron chi connectivity index (χ4n) is 4.41. The van der Waals surface area contributed by atoms with Crippen LogP contribution in [0.1, 0.15) is 50.3 Å². The highest BCUT2D eigenvalue weighted by Gasteiger charge is 2.33. The highest BCUT2D eigenvalue weighted by atomic mass is 79.9. The number of anilines is 1. The summed E-state index contributed by atoms with van der Waals surface area (Å²) < 4.78 is 27.8. The molecule has 214 valence electrons. The molecule has 0 aliphatic heterocycles. The van der Waals surface area contributed by atoms with Crippen molar-refractivity contribution < 1.29 is 18.0 Å². The Morgan fingerprint density at radius 2 is 1.50 bits per heavy atom. The lowest BCUT2D eigenvalue weighted by Gasteiger charge is -2.34. The molecule has 9 heteroatoms. The van der Waals surface area contributed by atoms with Crippen molar-refractivity contribution in [2.45, 2.75) is 58.7 Å². The normalized spacial score (nSPS) is 12.3. The first-order valence-electron chi connectivity index (χ1n) is 13.3. The quantitative estimate of drug-likeness (QED) is 0.287. The molecular weight excluding hydrogens is 590 g/mol. The molecule has 3 aromatic rings. The molecule has 1 N–H and O–H groups in total. The number of sulfonamides is 1. The predicted octanol–water partition coefficient (Wildman–Crippen LogP) is 5.50. The second kappa shape index (κ2) is 13.9. The van der Waals surface area contributed by atoms with Gasteiger partial charge in [0.2, 0.25) is 21.8 Å². The van der Waals surface area contributed by atoms with Gasteiger partial charge in [-0.15, -0.1) is 0 Å². The zero-order valence-electron chi connectivity index (χ0n) is 23.7. The van der Waals surface area contributed by atoms with Crippen LogP contribution in [0.5, 0.6) is 0 Å². The molecule has 40 heavy (non-hydrogen) atoms. The number of benzene rings is 3. The first-order chi connectivity index (χ1) is 18.8. The van der Waals surface area contributed by atoms with Crippen molar-refractivity contribution in [3.8, 4) is 0 Å². The summed E-state index contributed by atoms with van der Waals surface area (Å²) in [4.78, 5) is 29.2. The Morgan fingerprint density at radius 1 is 0.875 bits per heavy atom. The van der Waals surface area contributed by atoms with Crippen LogP contribution in [-0.2, 0) is 32.6 Å². The minimum absolute atomic E-state index is 0.130. The van der Waals surface area contributed by atoms with Gasteiger partial charge in [0.15, 0.2) is 0 Å². The molecule has 0 aliphatic rings. The minimum atomic E-state index is -3.81. The lowest BCUT2D eigenvalue weighted by molar-refractivity contribution is -0.140. The Kier molecular flexibility index (Phi) is 10.9. The lowest BCUT2D eigenvalue weighted by atomic mass is 10.0. The van der Waals surface area contributed by atoms with E-state index >= 15 is 0 Å². The summed E-state index contributed by atoms with van der Waals surface area (Å²) in [5.74, 6) is -0.492.